The van der Waals surface area contributed by atoms with E-state index in [-0.39, 0.29) is 0 Å². The Morgan fingerprint density at radius 1 is 1.75 bits per heavy atom. The van der Waals surface area contributed by atoms with Crippen LogP contribution in [-0.2, 0) is 0 Å². The second kappa shape index (κ2) is 4.70. The Labute approximate surface area is 71.3 Å². The van der Waals surface area contributed by atoms with Gasteiger partial charge < -0.3 is 5.73 Å². The molecule has 48 valence electrons. The van der Waals surface area contributed by atoms with Crippen molar-refractivity contribution in [3.63, 3.8) is 0 Å². The minimum atomic E-state index is 0.389. The van der Waals surface area contributed by atoms with Gasteiger partial charge in [-0.2, -0.15) is 0 Å². The largest absolute Gasteiger partial charge is 0.393 e. The molecule has 0 fully saturated rings. The first-order valence-corrected chi connectivity index (χ1v) is 4.59. The molecule has 0 rings (SSSR count). The van der Waals surface area contributed by atoms with E-state index in [1.54, 1.807) is 0 Å². The lowest BCUT2D eigenvalue weighted by molar-refractivity contribution is 1.06. The van der Waals surface area contributed by atoms with Crippen LogP contribution in [0.3, 0.4) is 0 Å². The maximum atomic E-state index is 5.25. The summed E-state index contributed by atoms with van der Waals surface area (Å²) >= 11 is 11.3. The number of halogens is 2. The van der Waals surface area contributed by atoms with Crippen molar-refractivity contribution in [1.82, 2.24) is 0 Å². The average molecular weight is 261 g/mol. The van der Waals surface area contributed by atoms with Crippen LogP contribution in [0.4, 0.5) is 0 Å². The third-order valence-electron chi connectivity index (χ3n) is 0.590. The quantitative estimate of drug-likeness (QED) is 0.619. The summed E-state index contributed by atoms with van der Waals surface area (Å²) in [4.78, 5) is 0.950. The highest BCUT2D eigenvalue weighted by molar-refractivity contribution is 9.12. The Hall–Kier alpha value is 0.850. The Bertz CT molecular complexity index is 86.1. The van der Waals surface area contributed by atoms with Gasteiger partial charge in [0.2, 0.25) is 0 Å². The van der Waals surface area contributed by atoms with Crippen molar-refractivity contribution in [1.29, 1.82) is 0 Å². The number of alkyl halides is 2. The third-order valence-corrected chi connectivity index (χ3v) is 3.05. The van der Waals surface area contributed by atoms with Crippen molar-refractivity contribution in [2.45, 2.75) is 11.2 Å². The summed E-state index contributed by atoms with van der Waals surface area (Å²) < 4.78 is 0. The number of nitrogens with two attached hydrogens (primary N) is 1. The van der Waals surface area contributed by atoms with E-state index in [0.29, 0.717) is 9.82 Å². The molecule has 0 aliphatic carbocycles. The van der Waals surface area contributed by atoms with E-state index in [1.165, 1.54) is 0 Å². The van der Waals surface area contributed by atoms with Gasteiger partial charge in [0.05, 0.1) is 4.99 Å². The summed E-state index contributed by atoms with van der Waals surface area (Å²) in [7, 11) is 0. The maximum absolute atomic E-state index is 5.25. The van der Waals surface area contributed by atoms with E-state index in [2.05, 4.69) is 44.1 Å². The first-order chi connectivity index (χ1) is 3.66. The number of thiocarbonyl (C=S) groups is 1. The van der Waals surface area contributed by atoms with Gasteiger partial charge >= 0.3 is 0 Å². The zero-order valence-corrected chi connectivity index (χ0v) is 8.22. The molecule has 0 aromatic carbocycles. The highest BCUT2D eigenvalue weighted by Crippen LogP contribution is 2.07. The van der Waals surface area contributed by atoms with Crippen LogP contribution in [0.2, 0.25) is 0 Å². The molecule has 0 bridgehead atoms. The fourth-order valence-corrected chi connectivity index (χ4v) is 1.27. The fourth-order valence-electron chi connectivity index (χ4n) is 0.273. The van der Waals surface area contributed by atoms with Crippen LogP contribution >= 0.6 is 44.1 Å². The fraction of sp³-hybridized carbons (Fsp3) is 0.750. The van der Waals surface area contributed by atoms with Crippen molar-refractivity contribution >= 4 is 49.1 Å². The average Bonchev–Trinajstić information content (AvgIpc) is 1.65. The van der Waals surface area contributed by atoms with Gasteiger partial charge in [0.15, 0.2) is 0 Å². The van der Waals surface area contributed by atoms with E-state index >= 15 is 0 Å². The van der Waals surface area contributed by atoms with Gasteiger partial charge in [-0.15, -0.1) is 0 Å². The molecule has 0 heterocycles. The summed E-state index contributed by atoms with van der Waals surface area (Å²) in [6.45, 7) is 0. The number of hydrogen-bond acceptors (Lipinski definition) is 1. The molecule has 1 unspecified atom stereocenters. The number of hydrogen-bond donors (Lipinski definition) is 1. The molecular formula is C4H7Br2NS. The first-order valence-electron chi connectivity index (χ1n) is 2.15. The Morgan fingerprint density at radius 3 is 2.38 bits per heavy atom. The van der Waals surface area contributed by atoms with Crippen LogP contribution in [0.15, 0.2) is 0 Å². The predicted molar refractivity (Wildman–Crippen MR) is 47.9 cm³/mol. The second-order valence-electron chi connectivity index (χ2n) is 1.42. The molecule has 4 heteroatoms. The molecular weight excluding hydrogens is 254 g/mol. The second-order valence-corrected chi connectivity index (χ2v) is 3.89. The lowest BCUT2D eigenvalue weighted by Crippen LogP contribution is -2.14. The van der Waals surface area contributed by atoms with Crippen LogP contribution in [0.25, 0.3) is 0 Å². The highest BCUT2D eigenvalue weighted by atomic mass is 79.9. The van der Waals surface area contributed by atoms with Gasteiger partial charge in [0.1, 0.15) is 0 Å². The van der Waals surface area contributed by atoms with E-state index in [0.717, 1.165) is 11.8 Å². The first kappa shape index (κ1) is 8.85. The SMILES string of the molecule is NC(=S)CC(Br)CBr. The van der Waals surface area contributed by atoms with Gasteiger partial charge in [-0.3, -0.25) is 0 Å². The summed E-state index contributed by atoms with van der Waals surface area (Å²) in [5.74, 6) is 0. The lowest BCUT2D eigenvalue weighted by Gasteiger charge is -2.00. The summed E-state index contributed by atoms with van der Waals surface area (Å²) in [5.41, 5.74) is 5.25. The van der Waals surface area contributed by atoms with Crippen LogP contribution in [0.5, 0.6) is 0 Å². The monoisotopic (exact) mass is 259 g/mol. The van der Waals surface area contributed by atoms with Crippen molar-refractivity contribution in [2.24, 2.45) is 5.73 Å². The predicted octanol–water partition coefficient (Wildman–Crippen LogP) is 1.82. The molecule has 0 aromatic rings. The standard InChI is InChI=1S/C4H7Br2NS/c5-2-3(6)1-4(7)8/h3H,1-2H2,(H2,7,8). The molecule has 1 atom stereocenters. The molecule has 0 saturated heterocycles. The van der Waals surface area contributed by atoms with Gasteiger partial charge in [-0.1, -0.05) is 44.1 Å². The molecule has 0 amide bonds. The highest BCUT2D eigenvalue weighted by Gasteiger charge is 2.01. The zero-order chi connectivity index (χ0) is 6.57. The van der Waals surface area contributed by atoms with Gasteiger partial charge in [-0.05, 0) is 0 Å². The topological polar surface area (TPSA) is 26.0 Å². The van der Waals surface area contributed by atoms with Crippen molar-refractivity contribution in [2.75, 3.05) is 5.33 Å². The summed E-state index contributed by atoms with van der Waals surface area (Å²) in [5, 5.41) is 0.893. The van der Waals surface area contributed by atoms with Crippen LogP contribution < -0.4 is 5.73 Å². The van der Waals surface area contributed by atoms with E-state index in [1.807, 2.05) is 0 Å². The molecule has 0 spiro atoms. The minimum absolute atomic E-state index is 0.389. The van der Waals surface area contributed by atoms with Crippen molar-refractivity contribution in [3.05, 3.63) is 0 Å². The van der Waals surface area contributed by atoms with Gasteiger partial charge in [-0.25, -0.2) is 0 Å². The summed E-state index contributed by atoms with van der Waals surface area (Å²) in [6.07, 6.45) is 0.764. The zero-order valence-electron chi connectivity index (χ0n) is 4.23. The summed E-state index contributed by atoms with van der Waals surface area (Å²) in [6, 6.07) is 0. The van der Waals surface area contributed by atoms with E-state index < -0.39 is 0 Å². The van der Waals surface area contributed by atoms with Gasteiger partial charge in [0, 0.05) is 16.6 Å². The normalized spacial score (nSPS) is 13.2. The van der Waals surface area contributed by atoms with E-state index in [9.17, 15) is 0 Å². The Morgan fingerprint density at radius 2 is 2.25 bits per heavy atom. The Kier molecular flexibility index (Phi) is 5.20. The van der Waals surface area contributed by atoms with E-state index in [4.69, 9.17) is 5.73 Å². The molecule has 1 nitrogen and oxygen atoms in total. The Balaban J connectivity index is 3.24. The molecule has 8 heavy (non-hydrogen) atoms. The van der Waals surface area contributed by atoms with Gasteiger partial charge in [0.25, 0.3) is 0 Å². The molecule has 0 radical (unpaired) electrons. The molecule has 0 aliphatic rings. The smallest absolute Gasteiger partial charge is 0.0738 e. The molecule has 0 aliphatic heterocycles. The van der Waals surface area contributed by atoms with Crippen LogP contribution in [0, 0.1) is 0 Å². The number of rotatable bonds is 3. The van der Waals surface area contributed by atoms with Crippen LogP contribution in [-0.4, -0.2) is 15.1 Å². The van der Waals surface area contributed by atoms with Crippen molar-refractivity contribution < 1.29 is 0 Å². The third kappa shape index (κ3) is 5.00. The molecule has 0 saturated carbocycles. The van der Waals surface area contributed by atoms with Crippen LogP contribution in [0.1, 0.15) is 6.42 Å². The molecule has 2 N–H and O–H groups in total. The maximum Gasteiger partial charge on any atom is 0.0738 e. The molecule has 0 aromatic heterocycles. The van der Waals surface area contributed by atoms with Crippen molar-refractivity contribution in [3.8, 4) is 0 Å². The lowest BCUT2D eigenvalue weighted by atomic mass is 10.3. The minimum Gasteiger partial charge on any atom is -0.393 e.